The summed E-state index contributed by atoms with van der Waals surface area (Å²) < 4.78 is 4.64. The molecule has 0 saturated heterocycles. The van der Waals surface area contributed by atoms with Crippen molar-refractivity contribution < 1.29 is 14.3 Å². The number of carbonyl (C=O) groups excluding carboxylic acids is 2. The van der Waals surface area contributed by atoms with Crippen LogP contribution in [0.2, 0.25) is 0 Å². The third-order valence-electron chi connectivity index (χ3n) is 1.71. The second kappa shape index (κ2) is 4.45. The van der Waals surface area contributed by atoms with Crippen LogP contribution in [0.3, 0.4) is 0 Å². The van der Waals surface area contributed by atoms with E-state index in [0.717, 1.165) is 6.42 Å². The molecule has 4 heteroatoms. The van der Waals surface area contributed by atoms with Gasteiger partial charge < -0.3 is 4.74 Å². The molecule has 0 aromatic rings. The molecule has 12 heavy (non-hydrogen) atoms. The number of esters is 1. The van der Waals surface area contributed by atoms with Gasteiger partial charge in [0, 0.05) is 0 Å². The molecule has 0 aliphatic carbocycles. The summed E-state index contributed by atoms with van der Waals surface area (Å²) in [4.78, 5) is 20.8. The fraction of sp³-hybridized carbons (Fsp3) is 0.750. The van der Waals surface area contributed by atoms with Gasteiger partial charge in [0.05, 0.1) is 6.61 Å². The molecule has 70 valence electrons. The Balaban J connectivity index is 3.83. The van der Waals surface area contributed by atoms with Crippen LogP contribution >= 0.6 is 11.6 Å². The highest BCUT2D eigenvalue weighted by molar-refractivity contribution is 6.80. The van der Waals surface area contributed by atoms with Crippen molar-refractivity contribution in [2.75, 3.05) is 6.61 Å². The van der Waals surface area contributed by atoms with Crippen molar-refractivity contribution in [3.05, 3.63) is 0 Å². The Morgan fingerprint density at radius 2 is 1.92 bits per heavy atom. The Morgan fingerprint density at radius 3 is 2.25 bits per heavy atom. The third kappa shape index (κ3) is 4.34. The molecule has 0 radical (unpaired) electrons. The SMILES string of the molecule is CCC(C)(C)COC(=O)C(=O)Cl. The van der Waals surface area contributed by atoms with Crippen LogP contribution in [0.4, 0.5) is 0 Å². The van der Waals surface area contributed by atoms with Crippen molar-refractivity contribution >= 4 is 22.8 Å². The maximum Gasteiger partial charge on any atom is 0.391 e. The average molecular weight is 193 g/mol. The zero-order valence-corrected chi connectivity index (χ0v) is 8.27. The van der Waals surface area contributed by atoms with Crippen molar-refractivity contribution in [2.45, 2.75) is 27.2 Å². The predicted molar refractivity (Wildman–Crippen MR) is 45.9 cm³/mol. The summed E-state index contributed by atoms with van der Waals surface area (Å²) in [5.41, 5.74) is -0.0952. The lowest BCUT2D eigenvalue weighted by atomic mass is 9.92. The molecule has 0 heterocycles. The molecule has 0 bridgehead atoms. The van der Waals surface area contributed by atoms with Crippen molar-refractivity contribution in [3.8, 4) is 0 Å². The maximum absolute atomic E-state index is 10.6. The maximum atomic E-state index is 10.6. The predicted octanol–water partition coefficient (Wildman–Crippen LogP) is 1.73. The van der Waals surface area contributed by atoms with Crippen molar-refractivity contribution in [1.29, 1.82) is 0 Å². The molecule has 0 aromatic heterocycles. The molecular formula is C8H13ClO3. The molecule has 0 aliphatic heterocycles. The van der Waals surface area contributed by atoms with Crippen LogP contribution in [0.25, 0.3) is 0 Å². The van der Waals surface area contributed by atoms with Crippen LogP contribution < -0.4 is 0 Å². The lowest BCUT2D eigenvalue weighted by molar-refractivity contribution is -0.152. The Hall–Kier alpha value is -0.570. The van der Waals surface area contributed by atoms with E-state index in [1.54, 1.807) is 0 Å². The van der Waals surface area contributed by atoms with Gasteiger partial charge in [-0.25, -0.2) is 4.79 Å². The van der Waals surface area contributed by atoms with E-state index < -0.39 is 11.2 Å². The smallest absolute Gasteiger partial charge is 0.391 e. The zero-order chi connectivity index (χ0) is 9.78. The van der Waals surface area contributed by atoms with E-state index in [2.05, 4.69) is 4.74 Å². The van der Waals surface area contributed by atoms with Crippen LogP contribution in [0.15, 0.2) is 0 Å². The fourth-order valence-corrected chi connectivity index (χ4v) is 0.474. The first-order valence-electron chi connectivity index (χ1n) is 3.75. The second-order valence-corrected chi connectivity index (χ2v) is 3.71. The molecule has 0 N–H and O–H groups in total. The average Bonchev–Trinajstić information content (AvgIpc) is 2.00. The van der Waals surface area contributed by atoms with Gasteiger partial charge in [0.25, 0.3) is 0 Å². The Labute approximate surface area is 77.0 Å². The van der Waals surface area contributed by atoms with E-state index in [4.69, 9.17) is 11.6 Å². The minimum Gasteiger partial charge on any atom is -0.458 e. The van der Waals surface area contributed by atoms with Gasteiger partial charge in [-0.2, -0.15) is 0 Å². The van der Waals surface area contributed by atoms with Crippen LogP contribution in [-0.4, -0.2) is 17.8 Å². The van der Waals surface area contributed by atoms with Gasteiger partial charge in [0.15, 0.2) is 0 Å². The van der Waals surface area contributed by atoms with E-state index in [-0.39, 0.29) is 12.0 Å². The standard InChI is InChI=1S/C8H13ClO3/c1-4-8(2,3)5-12-7(11)6(9)10/h4-5H2,1-3H3. The van der Waals surface area contributed by atoms with Gasteiger partial charge in [-0.15, -0.1) is 0 Å². The summed E-state index contributed by atoms with van der Waals surface area (Å²) in [6, 6.07) is 0. The Morgan fingerprint density at radius 1 is 1.42 bits per heavy atom. The van der Waals surface area contributed by atoms with Crippen LogP contribution in [0, 0.1) is 5.41 Å². The number of carbonyl (C=O) groups is 2. The van der Waals surface area contributed by atoms with Crippen molar-refractivity contribution in [1.82, 2.24) is 0 Å². The normalized spacial score (nSPS) is 11.0. The topological polar surface area (TPSA) is 43.4 Å². The summed E-state index contributed by atoms with van der Waals surface area (Å²) in [6.07, 6.45) is 0.872. The second-order valence-electron chi connectivity index (χ2n) is 3.37. The fourth-order valence-electron chi connectivity index (χ4n) is 0.420. The first kappa shape index (κ1) is 11.4. The summed E-state index contributed by atoms with van der Waals surface area (Å²) in [5, 5.41) is -1.07. The van der Waals surface area contributed by atoms with Gasteiger partial charge in [-0.05, 0) is 23.4 Å². The number of halogens is 1. The minimum atomic E-state index is -1.07. The quantitative estimate of drug-likeness (QED) is 0.387. The molecule has 0 rings (SSSR count). The van der Waals surface area contributed by atoms with Crippen LogP contribution in [0.1, 0.15) is 27.2 Å². The zero-order valence-electron chi connectivity index (χ0n) is 7.52. The highest BCUT2D eigenvalue weighted by Crippen LogP contribution is 2.19. The molecule has 0 atom stereocenters. The molecule has 3 nitrogen and oxygen atoms in total. The van der Waals surface area contributed by atoms with E-state index in [1.807, 2.05) is 20.8 Å². The van der Waals surface area contributed by atoms with Gasteiger partial charge in [-0.3, -0.25) is 4.79 Å². The van der Waals surface area contributed by atoms with Crippen LogP contribution in [-0.2, 0) is 14.3 Å². The third-order valence-corrected chi connectivity index (χ3v) is 1.87. The van der Waals surface area contributed by atoms with Gasteiger partial charge >= 0.3 is 11.2 Å². The van der Waals surface area contributed by atoms with Crippen LogP contribution in [0.5, 0.6) is 0 Å². The molecule has 0 unspecified atom stereocenters. The van der Waals surface area contributed by atoms with E-state index in [9.17, 15) is 9.59 Å². The number of ether oxygens (including phenoxy) is 1. The molecule has 0 fully saturated rings. The Kier molecular flexibility index (Phi) is 4.24. The summed E-state index contributed by atoms with van der Waals surface area (Å²) >= 11 is 4.89. The first-order chi connectivity index (χ1) is 5.39. The summed E-state index contributed by atoms with van der Waals surface area (Å²) in [7, 11) is 0. The van der Waals surface area contributed by atoms with Crippen molar-refractivity contribution in [3.63, 3.8) is 0 Å². The van der Waals surface area contributed by atoms with E-state index in [1.165, 1.54) is 0 Å². The summed E-state index contributed by atoms with van der Waals surface area (Å²) in [6.45, 7) is 6.09. The Bertz CT molecular complexity index is 187. The minimum absolute atomic E-state index is 0.0952. The molecule has 0 aliphatic rings. The number of hydrogen-bond acceptors (Lipinski definition) is 3. The lowest BCUT2D eigenvalue weighted by Crippen LogP contribution is -2.23. The lowest BCUT2D eigenvalue weighted by Gasteiger charge is -2.21. The van der Waals surface area contributed by atoms with Crippen molar-refractivity contribution in [2.24, 2.45) is 5.41 Å². The molecule has 0 spiro atoms. The molecule has 0 aromatic carbocycles. The highest BCUT2D eigenvalue weighted by Gasteiger charge is 2.20. The first-order valence-corrected chi connectivity index (χ1v) is 4.13. The highest BCUT2D eigenvalue weighted by atomic mass is 35.5. The molecular weight excluding hydrogens is 180 g/mol. The van der Waals surface area contributed by atoms with Gasteiger partial charge in [0.1, 0.15) is 0 Å². The largest absolute Gasteiger partial charge is 0.458 e. The summed E-state index contributed by atoms with van der Waals surface area (Å²) in [5.74, 6) is -0.974. The monoisotopic (exact) mass is 192 g/mol. The van der Waals surface area contributed by atoms with Gasteiger partial charge in [-0.1, -0.05) is 20.8 Å². The molecule has 0 amide bonds. The number of rotatable bonds is 4. The van der Waals surface area contributed by atoms with E-state index >= 15 is 0 Å². The number of hydrogen-bond donors (Lipinski definition) is 0. The van der Waals surface area contributed by atoms with Gasteiger partial charge in [0.2, 0.25) is 0 Å². The molecule has 0 saturated carbocycles. The van der Waals surface area contributed by atoms with E-state index in [0.29, 0.717) is 0 Å².